The van der Waals surface area contributed by atoms with Crippen LogP contribution < -0.4 is 9.80 Å². The van der Waals surface area contributed by atoms with Crippen molar-refractivity contribution in [2.24, 2.45) is 16.3 Å². The lowest BCUT2D eigenvalue weighted by Crippen LogP contribution is -2.50. The Morgan fingerprint density at radius 2 is 1.70 bits per heavy atom. The third-order valence-corrected chi connectivity index (χ3v) is 6.23. The minimum absolute atomic E-state index is 0.0500. The molecule has 1 amide bonds. The zero-order valence-corrected chi connectivity index (χ0v) is 19.0. The molecule has 1 fully saturated rings. The summed E-state index contributed by atoms with van der Waals surface area (Å²) in [5, 5.41) is 0. The Bertz CT molecular complexity index is 1120. The maximum absolute atomic E-state index is 13.8. The van der Waals surface area contributed by atoms with Gasteiger partial charge in [-0.25, -0.2) is 0 Å². The largest absolute Gasteiger partial charge is 0.471 e. The van der Waals surface area contributed by atoms with Crippen molar-refractivity contribution in [1.29, 1.82) is 0 Å². The Morgan fingerprint density at radius 3 is 2.30 bits per heavy atom. The minimum Gasteiger partial charge on any atom is -0.378 e. The van der Waals surface area contributed by atoms with Crippen LogP contribution in [-0.4, -0.2) is 37.7 Å². The van der Waals surface area contributed by atoms with Gasteiger partial charge in [-0.15, -0.1) is 0 Å². The molecule has 8 heteroatoms. The number of benzene rings is 2. The molecule has 1 heterocycles. The van der Waals surface area contributed by atoms with Crippen LogP contribution in [0, 0.1) is 11.3 Å². The second-order valence-electron chi connectivity index (χ2n) is 9.66. The topological polar surface area (TPSA) is 53.0 Å². The number of nitrogens with zero attached hydrogens (tertiary/aromatic N) is 3. The SMILES string of the molecule is CN(C)c1ccc(C2C3C(=O)CC(C)(C)CC3=Nc3ccccc3N2C(=O)C(F)(F)F)cc1. The molecular weight excluding hydrogens is 431 g/mol. The van der Waals surface area contributed by atoms with Gasteiger partial charge in [0.1, 0.15) is 5.78 Å². The van der Waals surface area contributed by atoms with Gasteiger partial charge in [0, 0.05) is 31.9 Å². The number of anilines is 2. The first kappa shape index (κ1) is 23.0. The van der Waals surface area contributed by atoms with Crippen LogP contribution in [0.1, 0.15) is 38.3 Å². The number of alkyl halides is 3. The predicted molar refractivity (Wildman–Crippen MR) is 122 cm³/mol. The highest BCUT2D eigenvalue weighted by atomic mass is 19.4. The van der Waals surface area contributed by atoms with E-state index in [4.69, 9.17) is 0 Å². The number of amides is 1. The molecule has 1 saturated carbocycles. The van der Waals surface area contributed by atoms with Gasteiger partial charge in [-0.2, -0.15) is 13.2 Å². The lowest BCUT2D eigenvalue weighted by molar-refractivity contribution is -0.171. The molecule has 2 aromatic carbocycles. The Hall–Kier alpha value is -3.16. The molecule has 33 heavy (non-hydrogen) atoms. The first-order valence-corrected chi connectivity index (χ1v) is 10.8. The van der Waals surface area contributed by atoms with Gasteiger partial charge < -0.3 is 4.90 Å². The van der Waals surface area contributed by atoms with Crippen LogP contribution in [0.25, 0.3) is 0 Å². The molecule has 0 aromatic heterocycles. The van der Waals surface area contributed by atoms with Crippen molar-refractivity contribution in [2.45, 2.75) is 38.9 Å². The van der Waals surface area contributed by atoms with Crippen LogP contribution in [0.3, 0.4) is 0 Å². The summed E-state index contributed by atoms with van der Waals surface area (Å²) in [5.41, 5.74) is 1.76. The highest BCUT2D eigenvalue weighted by Crippen LogP contribution is 2.49. The number of carbonyl (C=O) groups is 2. The third-order valence-electron chi connectivity index (χ3n) is 6.23. The number of para-hydroxylation sites is 2. The van der Waals surface area contributed by atoms with E-state index in [0.717, 1.165) is 10.6 Å². The van der Waals surface area contributed by atoms with E-state index in [-0.39, 0.29) is 29.0 Å². The van der Waals surface area contributed by atoms with Crippen molar-refractivity contribution >= 4 is 34.5 Å². The molecule has 174 valence electrons. The number of fused-ring (bicyclic) bond motifs is 2. The number of Topliss-reactive ketones (excluding diaryl/α,β-unsaturated/α-hetero) is 1. The third kappa shape index (κ3) is 4.26. The fraction of sp³-hybridized carbons (Fsp3) is 0.400. The van der Waals surface area contributed by atoms with Crippen LogP contribution in [-0.2, 0) is 9.59 Å². The van der Waals surface area contributed by atoms with Gasteiger partial charge in [0.2, 0.25) is 0 Å². The highest BCUT2D eigenvalue weighted by Gasteiger charge is 2.52. The Labute approximate surface area is 190 Å². The van der Waals surface area contributed by atoms with Gasteiger partial charge in [-0.3, -0.25) is 19.5 Å². The second-order valence-corrected chi connectivity index (χ2v) is 9.66. The molecule has 2 aromatic rings. The Morgan fingerprint density at radius 1 is 1.06 bits per heavy atom. The van der Waals surface area contributed by atoms with E-state index in [1.54, 1.807) is 42.5 Å². The van der Waals surface area contributed by atoms with Crippen molar-refractivity contribution < 1.29 is 22.8 Å². The fourth-order valence-corrected chi connectivity index (χ4v) is 4.80. The minimum atomic E-state index is -5.11. The van der Waals surface area contributed by atoms with E-state index in [9.17, 15) is 22.8 Å². The summed E-state index contributed by atoms with van der Waals surface area (Å²) in [5.74, 6) is -3.17. The summed E-state index contributed by atoms with van der Waals surface area (Å²) in [4.78, 5) is 33.5. The molecule has 0 saturated heterocycles. The molecule has 1 aliphatic carbocycles. The molecule has 2 unspecified atom stereocenters. The van der Waals surface area contributed by atoms with E-state index in [0.29, 0.717) is 17.7 Å². The summed E-state index contributed by atoms with van der Waals surface area (Å²) in [6, 6.07) is 12.0. The van der Waals surface area contributed by atoms with Gasteiger partial charge >= 0.3 is 12.1 Å². The zero-order valence-electron chi connectivity index (χ0n) is 19.0. The first-order valence-electron chi connectivity index (χ1n) is 10.8. The van der Waals surface area contributed by atoms with Gasteiger partial charge in [-0.05, 0) is 41.7 Å². The number of ketones is 1. The van der Waals surface area contributed by atoms with Crippen LogP contribution in [0.4, 0.5) is 30.2 Å². The summed E-state index contributed by atoms with van der Waals surface area (Å²) < 4.78 is 41.5. The quantitative estimate of drug-likeness (QED) is 0.600. The summed E-state index contributed by atoms with van der Waals surface area (Å²) in [6.07, 6.45) is -4.46. The lowest BCUT2D eigenvalue weighted by Gasteiger charge is -2.41. The maximum atomic E-state index is 13.8. The number of hydrogen-bond donors (Lipinski definition) is 0. The van der Waals surface area contributed by atoms with Crippen molar-refractivity contribution in [1.82, 2.24) is 0 Å². The monoisotopic (exact) mass is 457 g/mol. The molecule has 0 bridgehead atoms. The Balaban J connectivity index is 1.98. The second kappa shape index (κ2) is 8.01. The van der Waals surface area contributed by atoms with Crippen molar-refractivity contribution in [2.75, 3.05) is 23.9 Å². The molecule has 0 N–H and O–H groups in total. The van der Waals surface area contributed by atoms with Crippen molar-refractivity contribution in [3.05, 3.63) is 54.1 Å². The average molecular weight is 457 g/mol. The Kier molecular flexibility index (Phi) is 5.58. The summed E-state index contributed by atoms with van der Waals surface area (Å²) >= 11 is 0. The number of carbonyl (C=O) groups excluding carboxylic acids is 2. The van der Waals surface area contributed by atoms with Crippen molar-refractivity contribution in [3.63, 3.8) is 0 Å². The molecule has 4 rings (SSSR count). The number of rotatable bonds is 2. The summed E-state index contributed by atoms with van der Waals surface area (Å²) in [6.45, 7) is 3.89. The van der Waals surface area contributed by atoms with E-state index < -0.39 is 24.0 Å². The lowest BCUT2D eigenvalue weighted by atomic mass is 9.68. The zero-order chi connectivity index (χ0) is 24.1. The average Bonchev–Trinajstić information content (AvgIpc) is 2.85. The number of hydrogen-bond acceptors (Lipinski definition) is 4. The van der Waals surface area contributed by atoms with E-state index >= 15 is 0 Å². The molecule has 2 aliphatic rings. The number of aliphatic imine (C=N–C) groups is 1. The van der Waals surface area contributed by atoms with Crippen LogP contribution in [0.15, 0.2) is 53.5 Å². The highest BCUT2D eigenvalue weighted by molar-refractivity contribution is 6.13. The summed E-state index contributed by atoms with van der Waals surface area (Å²) in [7, 11) is 3.71. The van der Waals surface area contributed by atoms with Gasteiger partial charge in [0.05, 0.1) is 23.3 Å². The predicted octanol–water partition coefficient (Wildman–Crippen LogP) is 5.48. The van der Waals surface area contributed by atoms with Crippen molar-refractivity contribution in [3.8, 4) is 0 Å². The molecular formula is C25H26F3N3O2. The van der Waals surface area contributed by atoms with E-state index in [1.807, 2.05) is 32.8 Å². The molecule has 2 atom stereocenters. The first-order chi connectivity index (χ1) is 15.4. The molecule has 0 spiro atoms. The van der Waals surface area contributed by atoms with Gasteiger partial charge in [0.25, 0.3) is 0 Å². The van der Waals surface area contributed by atoms with Crippen LogP contribution >= 0.6 is 0 Å². The van der Waals surface area contributed by atoms with E-state index in [2.05, 4.69) is 4.99 Å². The molecule has 1 aliphatic heterocycles. The van der Waals surface area contributed by atoms with Crippen LogP contribution in [0.2, 0.25) is 0 Å². The molecule has 0 radical (unpaired) electrons. The normalized spacial score (nSPS) is 22.1. The van der Waals surface area contributed by atoms with Crippen LogP contribution in [0.5, 0.6) is 0 Å². The fourth-order valence-electron chi connectivity index (χ4n) is 4.80. The smallest absolute Gasteiger partial charge is 0.378 e. The van der Waals surface area contributed by atoms with Gasteiger partial charge in [0.15, 0.2) is 0 Å². The maximum Gasteiger partial charge on any atom is 0.471 e. The number of halogens is 3. The van der Waals surface area contributed by atoms with E-state index in [1.165, 1.54) is 6.07 Å². The van der Waals surface area contributed by atoms with Gasteiger partial charge in [-0.1, -0.05) is 38.1 Å². The molecule has 5 nitrogen and oxygen atoms in total. The standard InChI is InChI=1S/C25H26F3N3O2/c1-24(2)13-18-21(20(32)14-24)22(15-9-11-16(12-10-15)30(3)4)31(23(33)25(26,27)28)19-8-6-5-7-17(19)29-18/h5-12,21-22H,13-14H2,1-4H3.